The Bertz CT molecular complexity index is 945. The molecule has 5 rings (SSSR count). The number of carbonyl (C=O) groups is 2. The van der Waals surface area contributed by atoms with Gasteiger partial charge in [-0.25, -0.2) is 9.18 Å². The lowest BCUT2D eigenvalue weighted by Crippen LogP contribution is -2.54. The molecule has 2 heterocycles. The van der Waals surface area contributed by atoms with Gasteiger partial charge in [0, 0.05) is 36.4 Å². The zero-order valence-corrected chi connectivity index (χ0v) is 19.9. The number of halogens is 2. The normalized spacial score (nSPS) is 21.8. The van der Waals surface area contributed by atoms with Crippen molar-refractivity contribution in [2.45, 2.75) is 64.1 Å². The van der Waals surface area contributed by atoms with Crippen molar-refractivity contribution in [3.8, 4) is 0 Å². The van der Waals surface area contributed by atoms with Gasteiger partial charge in [-0.1, -0.05) is 24.3 Å². The molecule has 2 amide bonds. The van der Waals surface area contributed by atoms with E-state index in [1.165, 1.54) is 32.6 Å². The van der Waals surface area contributed by atoms with Gasteiger partial charge in [0.2, 0.25) is 0 Å². The third kappa shape index (κ3) is 6.55. The predicted octanol–water partition coefficient (Wildman–Crippen LogP) is 5.80. The standard InChI is InChI=1S/C26H32FN3O2.ClH/c1-18(31)21-4-2-5-23(16-21)29-26(32)28-15-3-6-25-20-9-13-24(14-10-20)30(25)17-19-7-11-22(27)12-8-19;/h2,4-5,7-8,11-12,16,20,24-25H,3,6,9-10,13-15,17H2,1H3,(H2,28,29,32);1H. The maximum atomic E-state index is 13.3. The van der Waals surface area contributed by atoms with Crippen LogP contribution in [0, 0.1) is 11.7 Å². The number of ketones is 1. The van der Waals surface area contributed by atoms with Crippen LogP contribution in [0.5, 0.6) is 0 Å². The molecule has 1 aliphatic carbocycles. The molecule has 1 unspecified atom stereocenters. The number of hydrogen-bond acceptors (Lipinski definition) is 3. The second-order valence-corrected chi connectivity index (χ2v) is 9.09. The van der Waals surface area contributed by atoms with Gasteiger partial charge in [0.15, 0.2) is 5.78 Å². The number of urea groups is 1. The lowest BCUT2D eigenvalue weighted by molar-refractivity contribution is -0.0230. The first-order valence-corrected chi connectivity index (χ1v) is 11.7. The first-order chi connectivity index (χ1) is 15.5. The van der Waals surface area contributed by atoms with Crippen molar-refractivity contribution in [1.29, 1.82) is 0 Å². The van der Waals surface area contributed by atoms with E-state index in [2.05, 4.69) is 15.5 Å². The van der Waals surface area contributed by atoms with Crippen LogP contribution >= 0.6 is 12.4 Å². The fourth-order valence-electron chi connectivity index (χ4n) is 5.31. The smallest absolute Gasteiger partial charge is 0.319 e. The van der Waals surface area contributed by atoms with Gasteiger partial charge in [-0.05, 0) is 81.2 Å². The van der Waals surface area contributed by atoms with Crippen LogP contribution < -0.4 is 10.6 Å². The molecule has 0 spiro atoms. The maximum Gasteiger partial charge on any atom is 0.319 e. The molecule has 2 bridgehead atoms. The van der Waals surface area contributed by atoms with E-state index in [4.69, 9.17) is 0 Å². The van der Waals surface area contributed by atoms with Gasteiger partial charge in [-0.3, -0.25) is 9.69 Å². The van der Waals surface area contributed by atoms with Gasteiger partial charge in [0.25, 0.3) is 0 Å². The molecule has 5 nitrogen and oxygen atoms in total. The van der Waals surface area contributed by atoms with Gasteiger partial charge in [0.05, 0.1) is 0 Å². The minimum atomic E-state index is -0.251. The van der Waals surface area contributed by atoms with Crippen LogP contribution in [-0.2, 0) is 6.54 Å². The molecule has 7 heteroatoms. The van der Waals surface area contributed by atoms with Gasteiger partial charge in [-0.15, -0.1) is 12.4 Å². The number of piperidine rings is 2. The number of rotatable bonds is 8. The van der Waals surface area contributed by atoms with Crippen LogP contribution in [0.15, 0.2) is 48.5 Å². The quantitative estimate of drug-likeness (QED) is 0.376. The number of carbonyl (C=O) groups excluding carboxylic acids is 2. The van der Waals surface area contributed by atoms with E-state index >= 15 is 0 Å². The lowest BCUT2D eigenvalue weighted by atomic mass is 9.73. The summed E-state index contributed by atoms with van der Waals surface area (Å²) in [5.41, 5.74) is 2.36. The first kappa shape index (κ1) is 25.2. The number of fused-ring (bicyclic) bond motifs is 3. The van der Waals surface area contributed by atoms with E-state index in [0.29, 0.717) is 35.8 Å². The third-order valence-corrected chi connectivity index (χ3v) is 6.95. The molecule has 0 aromatic heterocycles. The number of nitrogens with one attached hydrogen (secondary N) is 2. The second kappa shape index (κ2) is 11.6. The molecule has 0 radical (unpaired) electrons. The molecular formula is C26H33ClFN3O2. The maximum absolute atomic E-state index is 13.3. The van der Waals surface area contributed by atoms with Gasteiger partial charge in [-0.2, -0.15) is 0 Å². The van der Waals surface area contributed by atoms with Gasteiger partial charge >= 0.3 is 6.03 Å². The van der Waals surface area contributed by atoms with Crippen LogP contribution in [0.3, 0.4) is 0 Å². The summed E-state index contributed by atoms with van der Waals surface area (Å²) >= 11 is 0. The highest BCUT2D eigenvalue weighted by Crippen LogP contribution is 2.42. The average Bonchev–Trinajstić information content (AvgIpc) is 2.80. The number of benzene rings is 2. The van der Waals surface area contributed by atoms with Crippen molar-refractivity contribution in [2.24, 2.45) is 5.92 Å². The van der Waals surface area contributed by atoms with Crippen molar-refractivity contribution in [3.63, 3.8) is 0 Å². The van der Waals surface area contributed by atoms with Crippen LogP contribution in [0.4, 0.5) is 14.9 Å². The van der Waals surface area contributed by atoms with Crippen LogP contribution in [-0.4, -0.2) is 35.3 Å². The van der Waals surface area contributed by atoms with Gasteiger partial charge < -0.3 is 10.6 Å². The summed E-state index contributed by atoms with van der Waals surface area (Å²) in [7, 11) is 0. The monoisotopic (exact) mass is 473 g/mol. The summed E-state index contributed by atoms with van der Waals surface area (Å²) in [6.07, 6.45) is 7.03. The largest absolute Gasteiger partial charge is 0.338 e. The number of hydrogen-bond donors (Lipinski definition) is 2. The summed E-state index contributed by atoms with van der Waals surface area (Å²) in [6, 6.07) is 14.7. The highest BCUT2D eigenvalue weighted by molar-refractivity contribution is 5.96. The van der Waals surface area contributed by atoms with Crippen molar-refractivity contribution in [3.05, 3.63) is 65.5 Å². The summed E-state index contributed by atoms with van der Waals surface area (Å²) < 4.78 is 13.3. The van der Waals surface area contributed by atoms with E-state index in [-0.39, 0.29) is 30.0 Å². The molecule has 178 valence electrons. The molecular weight excluding hydrogens is 441 g/mol. The first-order valence-electron chi connectivity index (χ1n) is 11.7. The van der Waals surface area contributed by atoms with Crippen molar-refractivity contribution >= 4 is 29.9 Å². The van der Waals surface area contributed by atoms with Gasteiger partial charge in [0.1, 0.15) is 5.82 Å². The van der Waals surface area contributed by atoms with Crippen molar-refractivity contribution < 1.29 is 14.0 Å². The number of Topliss-reactive ketones (excluding diaryl/α,β-unsaturated/α-hetero) is 1. The van der Waals surface area contributed by atoms with Crippen molar-refractivity contribution in [2.75, 3.05) is 11.9 Å². The molecule has 3 aliphatic rings. The Kier molecular flexibility index (Phi) is 8.87. The molecule has 2 saturated heterocycles. The Morgan fingerprint density at radius 3 is 2.48 bits per heavy atom. The minimum Gasteiger partial charge on any atom is -0.338 e. The van der Waals surface area contributed by atoms with E-state index in [1.807, 2.05) is 12.1 Å². The molecule has 3 fully saturated rings. The summed E-state index contributed by atoms with van der Waals surface area (Å²) in [5.74, 6) is 0.493. The Hall–Kier alpha value is -2.44. The Labute approximate surface area is 201 Å². The predicted molar refractivity (Wildman–Crippen MR) is 131 cm³/mol. The van der Waals surface area contributed by atoms with E-state index in [0.717, 1.165) is 24.9 Å². The Balaban J connectivity index is 0.00000306. The third-order valence-electron chi connectivity index (χ3n) is 6.95. The van der Waals surface area contributed by atoms with Crippen LogP contribution in [0.1, 0.15) is 61.4 Å². The molecule has 1 atom stereocenters. The highest BCUT2D eigenvalue weighted by Gasteiger charge is 2.40. The molecule has 33 heavy (non-hydrogen) atoms. The highest BCUT2D eigenvalue weighted by atomic mass is 35.5. The van der Waals surface area contributed by atoms with E-state index in [9.17, 15) is 14.0 Å². The van der Waals surface area contributed by atoms with E-state index in [1.54, 1.807) is 36.4 Å². The fraction of sp³-hybridized carbons (Fsp3) is 0.462. The minimum absolute atomic E-state index is 0. The second-order valence-electron chi connectivity index (χ2n) is 9.09. The topological polar surface area (TPSA) is 61.4 Å². The Morgan fingerprint density at radius 1 is 1.06 bits per heavy atom. The summed E-state index contributed by atoms with van der Waals surface area (Å²) in [6.45, 7) is 2.99. The number of anilines is 1. The SMILES string of the molecule is CC(=O)c1cccc(NC(=O)NCCCC2C3CCC(CC3)N2Cc2ccc(F)cc2)c1.Cl. The van der Waals surface area contributed by atoms with Crippen molar-refractivity contribution in [1.82, 2.24) is 10.2 Å². The summed E-state index contributed by atoms with van der Waals surface area (Å²) in [5, 5.41) is 5.74. The zero-order chi connectivity index (χ0) is 22.5. The zero-order valence-electron chi connectivity index (χ0n) is 19.1. The molecule has 2 N–H and O–H groups in total. The molecule has 2 aromatic carbocycles. The fourth-order valence-corrected chi connectivity index (χ4v) is 5.31. The Morgan fingerprint density at radius 2 is 1.79 bits per heavy atom. The van der Waals surface area contributed by atoms with Crippen LogP contribution in [0.25, 0.3) is 0 Å². The van der Waals surface area contributed by atoms with Crippen LogP contribution in [0.2, 0.25) is 0 Å². The average molecular weight is 474 g/mol. The number of amides is 2. The lowest BCUT2D eigenvalue weighted by Gasteiger charge is -2.52. The summed E-state index contributed by atoms with van der Waals surface area (Å²) in [4.78, 5) is 26.4. The number of nitrogens with zero attached hydrogens (tertiary/aromatic N) is 1. The molecule has 2 aromatic rings. The molecule has 1 saturated carbocycles. The van der Waals surface area contributed by atoms with E-state index < -0.39 is 0 Å². The molecule has 2 aliphatic heterocycles.